The van der Waals surface area contributed by atoms with Crippen molar-refractivity contribution < 1.29 is 25.2 Å². The van der Waals surface area contributed by atoms with Gasteiger partial charge in [0.1, 0.15) is 12.2 Å². The first kappa shape index (κ1) is 14.6. The lowest BCUT2D eigenvalue weighted by molar-refractivity contribution is -0.139. The molecule has 0 spiro atoms. The summed E-state index contributed by atoms with van der Waals surface area (Å²) in [6, 6.07) is 8.10. The van der Waals surface area contributed by atoms with Gasteiger partial charge in [-0.05, 0) is 12.1 Å². The predicted molar refractivity (Wildman–Crippen MR) is 63.2 cm³/mol. The Kier molecular flexibility index (Phi) is 5.20. The maximum Gasteiger partial charge on any atom is 0.272 e. The standard InChI is InChI=1S/C11H16N2O5/c12-13(7-4-2-1-3-5-7)11(18)10(17)9(16)8(15)6-14/h1-5,8-10,14-17H,6,12H2. The number of anilines is 1. The second-order valence-electron chi connectivity index (χ2n) is 3.73. The zero-order valence-corrected chi connectivity index (χ0v) is 9.55. The molecule has 0 aliphatic rings. The van der Waals surface area contributed by atoms with E-state index in [1.165, 1.54) is 0 Å². The number of aliphatic hydroxyl groups is 4. The van der Waals surface area contributed by atoms with E-state index < -0.39 is 30.8 Å². The lowest BCUT2D eigenvalue weighted by Crippen LogP contribution is -2.52. The fraction of sp³-hybridized carbons (Fsp3) is 0.364. The van der Waals surface area contributed by atoms with Crippen LogP contribution in [-0.2, 0) is 4.79 Å². The molecule has 0 aliphatic carbocycles. The van der Waals surface area contributed by atoms with E-state index in [0.29, 0.717) is 10.7 Å². The molecule has 1 aromatic carbocycles. The second-order valence-corrected chi connectivity index (χ2v) is 3.73. The summed E-state index contributed by atoms with van der Waals surface area (Å²) in [5.74, 6) is 4.50. The van der Waals surface area contributed by atoms with Gasteiger partial charge in [0.05, 0.1) is 12.3 Å². The Morgan fingerprint density at radius 1 is 1.22 bits per heavy atom. The maximum absolute atomic E-state index is 11.7. The number of para-hydroxylation sites is 1. The summed E-state index contributed by atoms with van der Waals surface area (Å²) < 4.78 is 0. The van der Waals surface area contributed by atoms with E-state index in [4.69, 9.17) is 16.1 Å². The Bertz CT molecular complexity index is 386. The Hall–Kier alpha value is -1.51. The highest BCUT2D eigenvalue weighted by Gasteiger charge is 2.32. The van der Waals surface area contributed by atoms with Gasteiger partial charge in [-0.2, -0.15) is 0 Å². The number of amides is 1. The van der Waals surface area contributed by atoms with Crippen LogP contribution in [0.15, 0.2) is 30.3 Å². The minimum Gasteiger partial charge on any atom is -0.394 e. The molecule has 1 amide bonds. The summed E-state index contributed by atoms with van der Waals surface area (Å²) in [5, 5.41) is 37.3. The van der Waals surface area contributed by atoms with Crippen molar-refractivity contribution in [2.75, 3.05) is 11.6 Å². The molecule has 3 atom stereocenters. The smallest absolute Gasteiger partial charge is 0.272 e. The highest BCUT2D eigenvalue weighted by Crippen LogP contribution is 2.12. The minimum atomic E-state index is -1.92. The molecule has 3 unspecified atom stereocenters. The van der Waals surface area contributed by atoms with Gasteiger partial charge in [-0.1, -0.05) is 18.2 Å². The van der Waals surface area contributed by atoms with E-state index in [2.05, 4.69) is 0 Å². The zero-order chi connectivity index (χ0) is 13.7. The van der Waals surface area contributed by atoms with Crippen LogP contribution >= 0.6 is 0 Å². The monoisotopic (exact) mass is 256 g/mol. The fourth-order valence-electron chi connectivity index (χ4n) is 1.32. The molecule has 0 saturated heterocycles. The van der Waals surface area contributed by atoms with Crippen molar-refractivity contribution in [2.24, 2.45) is 5.84 Å². The van der Waals surface area contributed by atoms with Crippen LogP contribution in [0.5, 0.6) is 0 Å². The third-order valence-corrected chi connectivity index (χ3v) is 2.43. The number of hydrazine groups is 1. The highest BCUT2D eigenvalue weighted by molar-refractivity contribution is 5.95. The lowest BCUT2D eigenvalue weighted by Gasteiger charge is -2.25. The number of hydrogen-bond acceptors (Lipinski definition) is 6. The van der Waals surface area contributed by atoms with E-state index in [1.54, 1.807) is 30.3 Å². The summed E-state index contributed by atoms with van der Waals surface area (Å²) in [6.07, 6.45) is -5.34. The van der Waals surface area contributed by atoms with Gasteiger partial charge in [-0.25, -0.2) is 10.9 Å². The summed E-state index contributed by atoms with van der Waals surface area (Å²) in [6.45, 7) is -0.776. The first-order valence-corrected chi connectivity index (χ1v) is 5.27. The molecule has 7 heteroatoms. The van der Waals surface area contributed by atoms with Crippen LogP contribution in [0.3, 0.4) is 0 Å². The van der Waals surface area contributed by atoms with Crippen LogP contribution < -0.4 is 10.9 Å². The molecule has 0 aromatic heterocycles. The van der Waals surface area contributed by atoms with Crippen LogP contribution in [-0.4, -0.2) is 51.3 Å². The van der Waals surface area contributed by atoms with Gasteiger partial charge in [0.25, 0.3) is 5.91 Å². The largest absolute Gasteiger partial charge is 0.394 e. The number of nitrogens with zero attached hydrogens (tertiary/aromatic N) is 1. The van der Waals surface area contributed by atoms with Crippen molar-refractivity contribution in [3.8, 4) is 0 Å². The second kappa shape index (κ2) is 6.43. The van der Waals surface area contributed by atoms with Gasteiger partial charge in [-0.3, -0.25) is 4.79 Å². The van der Waals surface area contributed by atoms with Crippen molar-refractivity contribution in [3.05, 3.63) is 30.3 Å². The van der Waals surface area contributed by atoms with E-state index >= 15 is 0 Å². The van der Waals surface area contributed by atoms with Crippen LogP contribution in [0.1, 0.15) is 0 Å². The quantitative estimate of drug-likeness (QED) is 0.235. The van der Waals surface area contributed by atoms with E-state index in [9.17, 15) is 15.0 Å². The number of nitrogens with two attached hydrogens (primary N) is 1. The minimum absolute atomic E-state index is 0.326. The van der Waals surface area contributed by atoms with Gasteiger partial charge < -0.3 is 20.4 Å². The van der Waals surface area contributed by atoms with E-state index in [0.717, 1.165) is 0 Å². The summed E-state index contributed by atoms with van der Waals surface area (Å²) >= 11 is 0. The molecule has 18 heavy (non-hydrogen) atoms. The van der Waals surface area contributed by atoms with Crippen LogP contribution in [0.4, 0.5) is 5.69 Å². The number of rotatable bonds is 5. The van der Waals surface area contributed by atoms with Gasteiger partial charge in [0.15, 0.2) is 6.10 Å². The number of hydrogen-bond donors (Lipinski definition) is 5. The molecule has 7 nitrogen and oxygen atoms in total. The number of carbonyl (C=O) groups is 1. The lowest BCUT2D eigenvalue weighted by atomic mass is 10.1. The van der Waals surface area contributed by atoms with Gasteiger partial charge in [0.2, 0.25) is 0 Å². The fourth-order valence-corrected chi connectivity index (χ4v) is 1.32. The van der Waals surface area contributed by atoms with Crippen LogP contribution in [0.2, 0.25) is 0 Å². The average molecular weight is 256 g/mol. The van der Waals surface area contributed by atoms with Crippen molar-refractivity contribution in [2.45, 2.75) is 18.3 Å². The third kappa shape index (κ3) is 3.25. The molecule has 100 valence electrons. The van der Waals surface area contributed by atoms with Crippen molar-refractivity contribution in [1.29, 1.82) is 0 Å². The molecular formula is C11H16N2O5. The normalized spacial score (nSPS) is 15.8. The average Bonchev–Trinajstić information content (AvgIpc) is 2.44. The summed E-state index contributed by atoms with van der Waals surface area (Å²) in [7, 11) is 0. The molecular weight excluding hydrogens is 240 g/mol. The number of aliphatic hydroxyl groups excluding tert-OH is 4. The molecule has 0 aliphatic heterocycles. The third-order valence-electron chi connectivity index (χ3n) is 2.43. The van der Waals surface area contributed by atoms with Crippen molar-refractivity contribution in [3.63, 3.8) is 0 Å². The Morgan fingerprint density at radius 2 is 1.78 bits per heavy atom. The molecule has 1 rings (SSSR count). The predicted octanol–water partition coefficient (Wildman–Crippen LogP) is -2.03. The van der Waals surface area contributed by atoms with E-state index in [1.807, 2.05) is 0 Å². The number of benzene rings is 1. The molecule has 0 saturated carbocycles. The van der Waals surface area contributed by atoms with Gasteiger partial charge in [0, 0.05) is 0 Å². The van der Waals surface area contributed by atoms with Crippen molar-refractivity contribution >= 4 is 11.6 Å². The molecule has 0 heterocycles. The Balaban J connectivity index is 2.75. The molecule has 0 bridgehead atoms. The van der Waals surface area contributed by atoms with Crippen molar-refractivity contribution in [1.82, 2.24) is 0 Å². The summed E-state index contributed by atoms with van der Waals surface area (Å²) in [4.78, 5) is 11.7. The first-order chi connectivity index (χ1) is 8.49. The SMILES string of the molecule is NN(C(=O)C(O)C(O)C(O)CO)c1ccccc1. The molecule has 0 radical (unpaired) electrons. The van der Waals surface area contributed by atoms with Crippen LogP contribution in [0.25, 0.3) is 0 Å². The first-order valence-electron chi connectivity index (χ1n) is 5.27. The topological polar surface area (TPSA) is 127 Å². The van der Waals surface area contributed by atoms with E-state index in [-0.39, 0.29) is 0 Å². The molecule has 1 aromatic rings. The Labute approximate surface area is 104 Å². The van der Waals surface area contributed by atoms with Crippen LogP contribution in [0, 0.1) is 0 Å². The zero-order valence-electron chi connectivity index (χ0n) is 9.55. The maximum atomic E-state index is 11.7. The molecule has 0 fully saturated rings. The molecule has 6 N–H and O–H groups in total. The van der Waals surface area contributed by atoms with Gasteiger partial charge >= 0.3 is 0 Å². The number of carbonyl (C=O) groups excluding carboxylic acids is 1. The highest BCUT2D eigenvalue weighted by atomic mass is 16.4. The Morgan fingerprint density at radius 3 is 2.28 bits per heavy atom. The van der Waals surface area contributed by atoms with Gasteiger partial charge in [-0.15, -0.1) is 0 Å². The summed E-state index contributed by atoms with van der Waals surface area (Å²) in [5.41, 5.74) is 0.326.